The molecular formula is C6HBr13. The van der Waals surface area contributed by atoms with E-state index in [1.165, 1.54) is 0 Å². The maximum atomic E-state index is 3.70. The predicted octanol–water partition coefficient (Wildman–Crippen LogP) is 9.89. The highest BCUT2D eigenvalue weighted by Crippen LogP contribution is 2.69. The first-order valence-electron chi connectivity index (χ1n) is 3.81. The van der Waals surface area contributed by atoms with E-state index in [2.05, 4.69) is 207 Å². The minimum absolute atomic E-state index is 0.198. The Hall–Kier alpha value is 6.24. The lowest BCUT2D eigenvalue weighted by Gasteiger charge is -2.48. The number of hydrogen-bond donors (Lipinski definition) is 0. The Kier molecular flexibility index (Phi) is 11.3. The molecule has 0 N–H and O–H groups in total. The summed E-state index contributed by atoms with van der Waals surface area (Å²) in [7, 11) is 0. The fraction of sp³-hybridized carbons (Fsp3) is 1.00. The normalized spacial score (nSPS) is 17.5. The Morgan fingerprint density at radius 1 is 0.474 bits per heavy atom. The molecule has 116 valence electrons. The average Bonchev–Trinajstić information content (AvgIpc) is 2.12. The zero-order chi connectivity index (χ0) is 16.1. The van der Waals surface area contributed by atoms with E-state index in [1.807, 2.05) is 0 Å². The molecule has 0 saturated heterocycles. The van der Waals surface area contributed by atoms with Gasteiger partial charge in [-0.25, -0.2) is 0 Å². The van der Waals surface area contributed by atoms with E-state index >= 15 is 0 Å². The van der Waals surface area contributed by atoms with Crippen molar-refractivity contribution in [3.05, 3.63) is 0 Å². The summed E-state index contributed by atoms with van der Waals surface area (Å²) in [6, 6.07) is 0. The van der Waals surface area contributed by atoms with Crippen LogP contribution in [0.5, 0.6) is 0 Å². The van der Waals surface area contributed by atoms with Crippen LogP contribution in [0.4, 0.5) is 0 Å². The van der Waals surface area contributed by atoms with Gasteiger partial charge in [0.2, 0.25) is 0 Å². The third-order valence-electron chi connectivity index (χ3n) is 1.79. The number of hydrogen-bond acceptors (Lipinski definition) is 0. The summed E-state index contributed by atoms with van der Waals surface area (Å²) in [5, 5.41) is 0. The van der Waals surface area contributed by atoms with Crippen LogP contribution in [0.3, 0.4) is 0 Å². The highest BCUT2D eigenvalue weighted by molar-refractivity contribution is 9.42. The lowest BCUT2D eigenvalue weighted by molar-refractivity contribution is 0.704. The molecule has 0 aliphatic heterocycles. The predicted molar refractivity (Wildman–Crippen MR) is 133 cm³/mol. The molecule has 0 aromatic heterocycles. The van der Waals surface area contributed by atoms with Gasteiger partial charge in [0.1, 0.15) is 9.70 Å². The van der Waals surface area contributed by atoms with Gasteiger partial charge in [-0.3, -0.25) is 0 Å². The van der Waals surface area contributed by atoms with Crippen molar-refractivity contribution in [1.82, 2.24) is 0 Å². The van der Waals surface area contributed by atoms with Gasteiger partial charge in [-0.2, -0.15) is 0 Å². The summed E-state index contributed by atoms with van der Waals surface area (Å²) < 4.78 is -3.21. The molecule has 19 heavy (non-hydrogen) atoms. The smallest absolute Gasteiger partial charge is 0.0839 e. The van der Waals surface area contributed by atoms with Crippen LogP contribution in [0.1, 0.15) is 0 Å². The van der Waals surface area contributed by atoms with E-state index in [-0.39, 0.29) is 4.83 Å². The highest BCUT2D eigenvalue weighted by Gasteiger charge is 2.65. The molecule has 0 saturated carbocycles. The van der Waals surface area contributed by atoms with Gasteiger partial charge in [-0.05, 0) is 0 Å². The summed E-state index contributed by atoms with van der Waals surface area (Å²) in [6.45, 7) is 0. The number of halogens is 13. The molecule has 0 aliphatic rings. The largest absolute Gasteiger partial charge is 0.162 e. The molecule has 0 radical (unpaired) electrons. The SMILES string of the molecule is BrC(C(Br)(Br)C(Br)(Br)Br)C(Br)(Br)C(Br)(Br)C(Br)(Br)Br. The third-order valence-corrected chi connectivity index (χ3v) is 24.4. The molecule has 0 aromatic rings. The molecule has 1 atom stereocenters. The van der Waals surface area contributed by atoms with Crippen molar-refractivity contribution in [2.75, 3.05) is 0 Å². The maximum Gasteiger partial charge on any atom is 0.162 e. The Balaban J connectivity index is 5.70. The standard InChI is InChI=1S/C6HBr13/c7-1(3(10,11)5(14,15)16)2(8,9)4(12,13)6(17,18)19/h1H. The van der Waals surface area contributed by atoms with Crippen LogP contribution >= 0.6 is 207 Å². The Labute approximate surface area is 221 Å². The van der Waals surface area contributed by atoms with Crippen LogP contribution < -0.4 is 0 Å². The highest BCUT2D eigenvalue weighted by atomic mass is 80.0. The van der Waals surface area contributed by atoms with Gasteiger partial charge in [0, 0.05) is 0 Å². The average molecular weight is 1110 g/mol. The Morgan fingerprint density at radius 2 is 0.789 bits per heavy atom. The lowest BCUT2D eigenvalue weighted by atomic mass is 10.2. The Bertz CT molecular complexity index is 319. The van der Waals surface area contributed by atoms with Gasteiger partial charge in [-0.1, -0.05) is 207 Å². The van der Waals surface area contributed by atoms with Crippen molar-refractivity contribution < 1.29 is 0 Å². The molecule has 0 spiro atoms. The van der Waals surface area contributed by atoms with E-state index in [1.54, 1.807) is 0 Å². The fourth-order valence-corrected chi connectivity index (χ4v) is 9.82. The first kappa shape index (κ1) is 25.2. The monoisotopic (exact) mass is 1100 g/mol. The van der Waals surface area contributed by atoms with Crippen molar-refractivity contribution in [3.8, 4) is 0 Å². The third kappa shape index (κ3) is 5.86. The van der Waals surface area contributed by atoms with Gasteiger partial charge in [0.25, 0.3) is 0 Å². The van der Waals surface area contributed by atoms with E-state index < -0.39 is 14.0 Å². The number of rotatable bonds is 3. The van der Waals surface area contributed by atoms with E-state index in [4.69, 9.17) is 0 Å². The molecule has 1 unspecified atom stereocenters. The van der Waals surface area contributed by atoms with Crippen LogP contribution in [0, 0.1) is 0 Å². The van der Waals surface area contributed by atoms with Crippen LogP contribution in [-0.2, 0) is 0 Å². The first-order chi connectivity index (χ1) is 7.90. The van der Waals surface area contributed by atoms with Crippen molar-refractivity contribution in [3.63, 3.8) is 0 Å². The quantitative estimate of drug-likeness (QED) is 0.247. The molecule has 0 rings (SSSR count). The van der Waals surface area contributed by atoms with E-state index in [9.17, 15) is 0 Å². The van der Waals surface area contributed by atoms with Crippen molar-refractivity contribution in [2.24, 2.45) is 0 Å². The summed E-state index contributed by atoms with van der Waals surface area (Å²) in [6.07, 6.45) is 0. The topological polar surface area (TPSA) is 0 Å². The fourth-order valence-electron chi connectivity index (χ4n) is 0.719. The second-order valence-electron chi connectivity index (χ2n) is 3.18. The minimum atomic E-state index is -0.681. The molecule has 0 bridgehead atoms. The van der Waals surface area contributed by atoms with Crippen LogP contribution in [-0.4, -0.2) is 18.8 Å². The van der Waals surface area contributed by atoms with Gasteiger partial charge in [-0.15, -0.1) is 0 Å². The molecule has 13 heteroatoms. The second kappa shape index (κ2) is 8.50. The zero-order valence-electron chi connectivity index (χ0n) is 7.99. The number of alkyl halides is 13. The minimum Gasteiger partial charge on any atom is -0.0839 e. The summed E-state index contributed by atoms with van der Waals surface area (Å²) in [5.41, 5.74) is 0. The molecular weight excluding hydrogens is 1110 g/mol. The van der Waals surface area contributed by atoms with Crippen molar-refractivity contribution >= 4 is 207 Å². The van der Waals surface area contributed by atoms with E-state index in [0.717, 1.165) is 0 Å². The molecule has 0 heterocycles. The molecule has 0 nitrogen and oxygen atoms in total. The summed E-state index contributed by atoms with van der Waals surface area (Å²) in [5.74, 6) is 0. The zero-order valence-corrected chi connectivity index (χ0v) is 28.6. The van der Waals surface area contributed by atoms with E-state index in [0.29, 0.717) is 0 Å². The lowest BCUT2D eigenvalue weighted by Crippen LogP contribution is -2.56. The van der Waals surface area contributed by atoms with Crippen molar-refractivity contribution in [2.45, 2.75) is 18.8 Å². The molecule has 0 aliphatic carbocycles. The van der Waals surface area contributed by atoms with Gasteiger partial charge in [0.05, 0.1) is 4.83 Å². The van der Waals surface area contributed by atoms with Crippen LogP contribution in [0.15, 0.2) is 0 Å². The van der Waals surface area contributed by atoms with Crippen molar-refractivity contribution in [1.29, 1.82) is 0 Å². The first-order valence-corrected chi connectivity index (χ1v) is 14.2. The molecule has 0 aromatic carbocycles. The van der Waals surface area contributed by atoms with Crippen LogP contribution in [0.25, 0.3) is 0 Å². The summed E-state index contributed by atoms with van der Waals surface area (Å²) >= 11 is 46.7. The van der Waals surface area contributed by atoms with Gasteiger partial charge < -0.3 is 0 Å². The van der Waals surface area contributed by atoms with Crippen LogP contribution in [0.2, 0.25) is 0 Å². The summed E-state index contributed by atoms with van der Waals surface area (Å²) in [4.78, 5) is -0.198. The Morgan fingerprint density at radius 3 is 1.00 bits per heavy atom. The van der Waals surface area contributed by atoms with Gasteiger partial charge in [0.15, 0.2) is 4.29 Å². The second-order valence-corrected chi connectivity index (χ2v) is 28.2. The molecule has 0 amide bonds. The maximum absolute atomic E-state index is 3.70. The van der Waals surface area contributed by atoms with Gasteiger partial charge >= 0.3 is 0 Å². The molecule has 0 fully saturated rings.